The fraction of sp³-hybridized carbons (Fsp3) is 0.524. The topological polar surface area (TPSA) is 88.7 Å². The van der Waals surface area contributed by atoms with Crippen LogP contribution in [0.25, 0.3) is 10.9 Å². The summed E-state index contributed by atoms with van der Waals surface area (Å²) >= 11 is 0. The van der Waals surface area contributed by atoms with Crippen molar-refractivity contribution in [2.45, 2.75) is 44.7 Å². The summed E-state index contributed by atoms with van der Waals surface area (Å²) in [6.07, 6.45) is 3.66. The Labute approximate surface area is 164 Å². The number of carbonyl (C=O) groups is 2. The summed E-state index contributed by atoms with van der Waals surface area (Å²) < 4.78 is 0. The standard InChI is InChI=1S/C21H28N4O3/c1-4-25(5-2)21(28)23-13-9-15-17(24(3)11-13)8-12-10-22-16-7-6-14(20(26)27)19(15)18(12)16/h6-7,10,13,15,17,22H,4-5,8-9,11H2,1-3H3,(H,23,28)(H,26,27)/t13?,15-,17+/m0/s1. The number of piperidine rings is 1. The molecule has 1 aliphatic heterocycles. The van der Waals surface area contributed by atoms with Gasteiger partial charge in [0.1, 0.15) is 0 Å². The molecule has 2 aliphatic rings. The van der Waals surface area contributed by atoms with Crippen molar-refractivity contribution in [3.63, 3.8) is 0 Å². The number of urea groups is 1. The van der Waals surface area contributed by atoms with E-state index in [4.69, 9.17) is 0 Å². The van der Waals surface area contributed by atoms with E-state index in [0.29, 0.717) is 18.7 Å². The summed E-state index contributed by atoms with van der Waals surface area (Å²) in [6, 6.07) is 3.76. The van der Waals surface area contributed by atoms with Crippen LogP contribution in [0.5, 0.6) is 0 Å². The zero-order valence-electron chi connectivity index (χ0n) is 16.7. The van der Waals surface area contributed by atoms with Gasteiger partial charge in [-0.15, -0.1) is 0 Å². The Morgan fingerprint density at radius 1 is 1.32 bits per heavy atom. The first-order valence-electron chi connectivity index (χ1n) is 10.1. The predicted octanol–water partition coefficient (Wildman–Crippen LogP) is 2.63. The van der Waals surface area contributed by atoms with Crippen molar-refractivity contribution in [1.29, 1.82) is 0 Å². The van der Waals surface area contributed by atoms with E-state index in [-0.39, 0.29) is 24.0 Å². The molecule has 3 N–H and O–H groups in total. The molecule has 1 aromatic heterocycles. The molecule has 2 heterocycles. The molecule has 0 spiro atoms. The minimum atomic E-state index is -0.887. The Bertz CT molecular complexity index is 918. The first-order chi connectivity index (χ1) is 13.4. The van der Waals surface area contributed by atoms with Crippen LogP contribution in [0.3, 0.4) is 0 Å². The Hall–Kier alpha value is -2.54. The van der Waals surface area contributed by atoms with Gasteiger partial charge in [-0.25, -0.2) is 9.59 Å². The van der Waals surface area contributed by atoms with Crippen molar-refractivity contribution >= 4 is 22.9 Å². The minimum Gasteiger partial charge on any atom is -0.478 e. The van der Waals surface area contributed by atoms with Gasteiger partial charge >= 0.3 is 12.0 Å². The highest BCUT2D eigenvalue weighted by atomic mass is 16.4. The van der Waals surface area contributed by atoms with E-state index in [1.807, 2.05) is 26.1 Å². The number of hydrogen-bond acceptors (Lipinski definition) is 3. The number of benzene rings is 1. The fourth-order valence-electron chi connectivity index (χ4n) is 5.10. The number of H-pyrrole nitrogens is 1. The van der Waals surface area contributed by atoms with Gasteiger partial charge in [-0.05, 0) is 57.0 Å². The number of aromatic amines is 1. The molecule has 4 rings (SSSR count). The summed E-state index contributed by atoms with van der Waals surface area (Å²) in [5.41, 5.74) is 3.48. The van der Waals surface area contributed by atoms with E-state index in [0.717, 1.165) is 35.9 Å². The van der Waals surface area contributed by atoms with Gasteiger partial charge in [-0.1, -0.05) is 0 Å². The zero-order valence-corrected chi connectivity index (χ0v) is 16.7. The number of amides is 2. The lowest BCUT2D eigenvalue weighted by molar-refractivity contribution is 0.0690. The second-order valence-corrected chi connectivity index (χ2v) is 7.94. The molecule has 7 heteroatoms. The van der Waals surface area contributed by atoms with E-state index in [9.17, 15) is 14.7 Å². The molecular weight excluding hydrogens is 356 g/mol. The first kappa shape index (κ1) is 18.8. The number of fused-ring (bicyclic) bond motifs is 2. The highest BCUT2D eigenvalue weighted by molar-refractivity contribution is 5.99. The van der Waals surface area contributed by atoms with Crippen LogP contribution in [0, 0.1) is 0 Å². The molecule has 2 amide bonds. The highest BCUT2D eigenvalue weighted by Gasteiger charge is 2.41. The molecule has 1 aromatic carbocycles. The van der Waals surface area contributed by atoms with Crippen LogP contribution >= 0.6 is 0 Å². The molecule has 7 nitrogen and oxygen atoms in total. The molecule has 1 saturated heterocycles. The van der Waals surface area contributed by atoms with Crippen LogP contribution in [0.15, 0.2) is 18.3 Å². The number of carbonyl (C=O) groups excluding carboxylic acids is 1. The Kier molecular flexibility index (Phi) is 4.79. The number of rotatable bonds is 4. The van der Waals surface area contributed by atoms with Gasteiger partial charge in [0, 0.05) is 54.7 Å². The van der Waals surface area contributed by atoms with Gasteiger partial charge in [-0.2, -0.15) is 0 Å². The normalized spacial score (nSPS) is 24.0. The molecule has 0 saturated carbocycles. The lowest BCUT2D eigenvalue weighted by atomic mass is 9.72. The molecule has 2 aromatic rings. The molecule has 1 unspecified atom stereocenters. The number of likely N-dealkylation sites (N-methyl/N-ethyl adjacent to an activating group) is 1. The van der Waals surface area contributed by atoms with E-state index in [1.54, 1.807) is 11.0 Å². The maximum absolute atomic E-state index is 12.6. The summed E-state index contributed by atoms with van der Waals surface area (Å²) in [5, 5.41) is 14.0. The lowest BCUT2D eigenvalue weighted by Gasteiger charge is -2.46. The smallest absolute Gasteiger partial charge is 0.335 e. The van der Waals surface area contributed by atoms with Crippen LogP contribution in [-0.4, -0.2) is 70.7 Å². The van der Waals surface area contributed by atoms with E-state index in [2.05, 4.69) is 22.2 Å². The monoisotopic (exact) mass is 384 g/mol. The summed E-state index contributed by atoms with van der Waals surface area (Å²) in [5.74, 6) is -0.805. The summed E-state index contributed by atoms with van der Waals surface area (Å²) in [7, 11) is 2.08. The van der Waals surface area contributed by atoms with Crippen molar-refractivity contribution in [3.05, 3.63) is 35.0 Å². The number of aromatic nitrogens is 1. The van der Waals surface area contributed by atoms with Crippen molar-refractivity contribution < 1.29 is 14.7 Å². The van der Waals surface area contributed by atoms with Gasteiger partial charge in [0.05, 0.1) is 5.56 Å². The van der Waals surface area contributed by atoms with Crippen LogP contribution in [0.2, 0.25) is 0 Å². The first-order valence-corrected chi connectivity index (χ1v) is 10.1. The van der Waals surface area contributed by atoms with Gasteiger partial charge in [0.15, 0.2) is 0 Å². The predicted molar refractivity (Wildman–Crippen MR) is 108 cm³/mol. The maximum atomic E-state index is 12.6. The number of carboxylic acids is 1. The molecule has 3 atom stereocenters. The van der Waals surface area contributed by atoms with Crippen LogP contribution < -0.4 is 5.32 Å². The number of likely N-dealkylation sites (tertiary alicyclic amines) is 1. The van der Waals surface area contributed by atoms with Crippen LogP contribution in [-0.2, 0) is 6.42 Å². The maximum Gasteiger partial charge on any atom is 0.335 e. The Morgan fingerprint density at radius 3 is 2.75 bits per heavy atom. The summed E-state index contributed by atoms with van der Waals surface area (Å²) in [6.45, 7) is 6.06. The third-order valence-electron chi connectivity index (χ3n) is 6.45. The lowest BCUT2D eigenvalue weighted by Crippen LogP contribution is -2.56. The Balaban J connectivity index is 1.70. The van der Waals surface area contributed by atoms with Crippen molar-refractivity contribution in [2.24, 2.45) is 0 Å². The second-order valence-electron chi connectivity index (χ2n) is 7.94. The average Bonchev–Trinajstić information content (AvgIpc) is 3.07. The highest BCUT2D eigenvalue weighted by Crippen LogP contribution is 2.44. The van der Waals surface area contributed by atoms with Gasteiger partial charge in [0.2, 0.25) is 0 Å². The van der Waals surface area contributed by atoms with E-state index in [1.165, 1.54) is 5.56 Å². The SMILES string of the molecule is CCN(CC)C(=O)NC1C[C@@H]2c3c(C(=O)O)ccc4[nH]cc(c34)C[C@H]2N(C)C1. The zero-order chi connectivity index (χ0) is 20.0. The number of hydrogen-bond donors (Lipinski definition) is 3. The third kappa shape index (κ3) is 2.94. The largest absolute Gasteiger partial charge is 0.478 e. The van der Waals surface area contributed by atoms with E-state index >= 15 is 0 Å². The third-order valence-corrected chi connectivity index (χ3v) is 6.45. The molecule has 0 bridgehead atoms. The molecule has 0 radical (unpaired) electrons. The van der Waals surface area contributed by atoms with Crippen LogP contribution in [0.4, 0.5) is 4.79 Å². The number of nitrogens with one attached hydrogen (secondary N) is 2. The molecule has 1 aliphatic carbocycles. The molecule has 1 fully saturated rings. The van der Waals surface area contributed by atoms with Crippen molar-refractivity contribution in [3.8, 4) is 0 Å². The van der Waals surface area contributed by atoms with Gasteiger partial charge in [-0.3, -0.25) is 0 Å². The molecule has 28 heavy (non-hydrogen) atoms. The quantitative estimate of drug-likeness (QED) is 0.756. The van der Waals surface area contributed by atoms with Gasteiger partial charge < -0.3 is 25.2 Å². The average molecular weight is 384 g/mol. The van der Waals surface area contributed by atoms with Gasteiger partial charge in [0.25, 0.3) is 0 Å². The van der Waals surface area contributed by atoms with Crippen molar-refractivity contribution in [1.82, 2.24) is 20.1 Å². The number of nitrogens with zero attached hydrogens (tertiary/aromatic N) is 2. The number of aromatic carboxylic acids is 1. The van der Waals surface area contributed by atoms with Crippen LogP contribution in [0.1, 0.15) is 47.7 Å². The molecular formula is C21H28N4O3. The Morgan fingerprint density at radius 2 is 2.07 bits per heavy atom. The van der Waals surface area contributed by atoms with Crippen molar-refractivity contribution in [2.75, 3.05) is 26.7 Å². The van der Waals surface area contributed by atoms with E-state index < -0.39 is 5.97 Å². The second kappa shape index (κ2) is 7.13. The fourth-order valence-corrected chi connectivity index (χ4v) is 5.10. The minimum absolute atomic E-state index is 0.00302. The number of carboxylic acid groups (broad SMARTS) is 1. The molecule has 150 valence electrons. The summed E-state index contributed by atoms with van der Waals surface area (Å²) in [4.78, 5) is 31.9.